The van der Waals surface area contributed by atoms with Gasteiger partial charge < -0.3 is 54.1 Å². The van der Waals surface area contributed by atoms with E-state index in [1.807, 2.05) is 54.8 Å². The first-order valence-electron chi connectivity index (χ1n) is 43.3. The zero-order valence-electron chi connectivity index (χ0n) is 74.8. The van der Waals surface area contributed by atoms with Crippen molar-refractivity contribution in [1.29, 1.82) is 0 Å². The predicted octanol–water partition coefficient (Wildman–Crippen LogP) is 15.7. The summed E-state index contributed by atoms with van der Waals surface area (Å²) in [5, 5.41) is 12.6. The van der Waals surface area contributed by atoms with Crippen LogP contribution in [0.2, 0.25) is 13.3 Å². The van der Waals surface area contributed by atoms with Crippen LogP contribution in [0, 0.1) is 46.3 Å². The van der Waals surface area contributed by atoms with Gasteiger partial charge in [-0.15, -0.1) is 13.2 Å². The van der Waals surface area contributed by atoms with Gasteiger partial charge in [0.15, 0.2) is 27.7 Å². The molecule has 0 bridgehead atoms. The van der Waals surface area contributed by atoms with E-state index < -0.39 is 189 Å². The number of ketones is 2. The number of benzene rings is 2. The number of Topliss-reactive ketones (excluding diaryl/α,β-unsaturated/α-hetero) is 2. The molecule has 678 valence electrons. The Bertz CT molecular complexity index is 5090. The molecule has 28 nitrogen and oxygen atoms in total. The summed E-state index contributed by atoms with van der Waals surface area (Å²) < 4.78 is 108. The molecule has 4 heterocycles. The third kappa shape index (κ3) is 23.6. The minimum atomic E-state index is -3.91. The molecule has 6 aliphatic carbocycles. The van der Waals surface area contributed by atoms with Crippen LogP contribution in [-0.2, 0) is 58.3 Å². The Labute approximate surface area is 742 Å². The molecule has 124 heavy (non-hydrogen) atoms. The maximum absolute atomic E-state index is 14.7. The monoisotopic (exact) mass is 1930 g/mol. The van der Waals surface area contributed by atoms with Crippen LogP contribution < -0.4 is 53.4 Å². The number of hydrogen-bond acceptors (Lipinski definition) is 22. The molecule has 6 saturated carbocycles. The molecule has 6 amide bonds. The first-order chi connectivity index (χ1) is 58.3. The molecule has 6 aromatic rings. The number of sulfonamides is 2. The van der Waals surface area contributed by atoms with Crippen LogP contribution in [-0.4, -0.2) is 164 Å². The van der Waals surface area contributed by atoms with E-state index in [1.54, 1.807) is 96.3 Å². The Morgan fingerprint density at radius 1 is 0.548 bits per heavy atom. The molecule has 0 radical (unpaired) electrons. The summed E-state index contributed by atoms with van der Waals surface area (Å²) in [6.45, 7) is 35.6. The average Bonchev–Trinajstić information content (AvgIpc) is 1.58. The van der Waals surface area contributed by atoms with Crippen LogP contribution in [0.1, 0.15) is 207 Å². The van der Waals surface area contributed by atoms with Gasteiger partial charge in [0.2, 0.25) is 43.6 Å². The van der Waals surface area contributed by atoms with E-state index in [0.717, 1.165) is 10.8 Å². The molecule has 6 aliphatic rings. The molecule has 0 saturated heterocycles. The third-order valence-electron chi connectivity index (χ3n) is 24.0. The molecule has 32 heteroatoms. The van der Waals surface area contributed by atoms with Crippen LogP contribution in [0.25, 0.3) is 32.8 Å². The first kappa shape index (κ1) is 97.6. The zero-order chi connectivity index (χ0) is 91.0. The Morgan fingerprint density at radius 3 is 1.28 bits per heavy atom. The molecular formula is C92H127BrN8O20S2Sn. The van der Waals surface area contributed by atoms with Crippen molar-refractivity contribution < 1.29 is 92.4 Å². The number of rotatable bonds is 35. The molecule has 12 atom stereocenters. The summed E-state index contributed by atoms with van der Waals surface area (Å²) in [6, 6.07) is 18.8. The molecule has 2 aromatic carbocycles. The van der Waals surface area contributed by atoms with Crippen LogP contribution >= 0.6 is 15.9 Å². The molecular weight excluding hydrogens is 1800 g/mol. The van der Waals surface area contributed by atoms with Crippen molar-refractivity contribution in [3.8, 4) is 34.5 Å². The SMILES string of the molecule is C=CC1C[C@]1(NC(=O)[C@@H]1C[C@@H](Oc2nc(-c3ccoc3)c(OC)c3ccccc23)CC1C(=O)[C@@H](NC(=O)OC(C)(C)C)C(C)(C)C)C(=O)NS(=O)(=O)C1CC1.C=CC1C[C@]1(NC(=O)[C@@H]1C[C@@H](Oc2nc(Br)c(OC)c3ccccc23)CC1C(=O)[C@@H](NC(=O)OC(C)(C)C)C(C)(C)C)C(=O)NS(=O)(=O)C1CC1.CCC[CH2][Sn]([CH2]CCC)([CH2]CCC)[c]1ccco1. The normalized spacial score (nSPS) is 23.0. The van der Waals surface area contributed by atoms with Gasteiger partial charge in [-0.3, -0.25) is 38.2 Å². The maximum atomic E-state index is 14.7. The van der Waals surface area contributed by atoms with Crippen molar-refractivity contribution in [2.75, 3.05) is 14.2 Å². The van der Waals surface area contributed by atoms with Crippen molar-refractivity contribution in [2.45, 2.75) is 277 Å². The zero-order valence-corrected chi connectivity index (χ0v) is 80.8. The van der Waals surface area contributed by atoms with E-state index in [0.29, 0.717) is 63.8 Å². The van der Waals surface area contributed by atoms with Crippen LogP contribution in [0.5, 0.6) is 23.3 Å². The number of nitrogens with one attached hydrogen (secondary N) is 6. The molecule has 6 fully saturated rings. The van der Waals surface area contributed by atoms with E-state index in [9.17, 15) is 55.2 Å². The summed E-state index contributed by atoms with van der Waals surface area (Å²) in [4.78, 5) is 120. The van der Waals surface area contributed by atoms with Crippen LogP contribution in [0.15, 0.2) is 124 Å². The summed E-state index contributed by atoms with van der Waals surface area (Å²) in [5.74, 6) is -7.20. The van der Waals surface area contributed by atoms with Gasteiger partial charge in [-0.25, -0.2) is 36.4 Å². The number of furan rings is 2. The summed E-state index contributed by atoms with van der Waals surface area (Å²) in [7, 11) is -4.72. The fraction of sp³-hybridized carbons (Fsp3) is 0.587. The number of nitrogens with zero attached hydrogens (tertiary/aromatic N) is 2. The van der Waals surface area contributed by atoms with Gasteiger partial charge in [0, 0.05) is 50.8 Å². The Kier molecular flexibility index (Phi) is 31.3. The average molecular weight is 1930 g/mol. The number of alkyl carbamates (subject to hydrolysis) is 2. The number of carbonyl (C=O) groups excluding carboxylic acids is 8. The van der Waals surface area contributed by atoms with Crippen molar-refractivity contribution in [3.63, 3.8) is 0 Å². The van der Waals surface area contributed by atoms with Gasteiger partial charge in [0.05, 0.1) is 61.2 Å². The number of hydrogen-bond donors (Lipinski definition) is 6. The van der Waals surface area contributed by atoms with Gasteiger partial charge >= 0.3 is 130 Å². The topological polar surface area (TPSA) is 384 Å². The Morgan fingerprint density at radius 2 is 0.944 bits per heavy atom. The number of methoxy groups -OCH3 is 2. The van der Waals surface area contributed by atoms with Gasteiger partial charge in [0.25, 0.3) is 11.8 Å². The molecule has 4 unspecified atom stereocenters. The Hall–Kier alpha value is -8.56. The number of halogens is 1. The van der Waals surface area contributed by atoms with E-state index in [-0.39, 0.29) is 50.3 Å². The van der Waals surface area contributed by atoms with Crippen molar-refractivity contribution in [3.05, 3.63) is 115 Å². The molecule has 0 spiro atoms. The first-order valence-corrected chi connectivity index (χ1v) is 54.7. The Balaban J connectivity index is 0.000000217. The van der Waals surface area contributed by atoms with Crippen LogP contribution in [0.4, 0.5) is 9.59 Å². The van der Waals surface area contributed by atoms with Crippen molar-refractivity contribution in [1.82, 2.24) is 40.7 Å². The van der Waals surface area contributed by atoms with Crippen LogP contribution in [0.3, 0.4) is 0 Å². The second-order valence-corrected chi connectivity index (χ2v) is 55.8. The van der Waals surface area contributed by atoms with Gasteiger partial charge in [-0.05, 0) is 151 Å². The van der Waals surface area contributed by atoms with Gasteiger partial charge in [0.1, 0.15) is 40.2 Å². The summed E-state index contributed by atoms with van der Waals surface area (Å²) in [6.07, 6.45) is 15.6. The third-order valence-corrected chi connectivity index (χ3v) is 43.2. The van der Waals surface area contributed by atoms with E-state index >= 15 is 0 Å². The molecule has 0 aliphatic heterocycles. The number of carbonyl (C=O) groups is 8. The van der Waals surface area contributed by atoms with Crippen molar-refractivity contribution in [2.24, 2.45) is 46.3 Å². The van der Waals surface area contributed by atoms with Crippen molar-refractivity contribution >= 4 is 127 Å². The van der Waals surface area contributed by atoms with E-state index in [4.69, 9.17) is 42.2 Å². The molecule has 4 aromatic heterocycles. The second kappa shape index (κ2) is 39.8. The quantitative estimate of drug-likeness (QED) is 0.0122. The summed E-state index contributed by atoms with van der Waals surface area (Å²) in [5.41, 5.74) is -5.21. The predicted molar refractivity (Wildman–Crippen MR) is 480 cm³/mol. The fourth-order valence-electron chi connectivity index (χ4n) is 16.9. The van der Waals surface area contributed by atoms with E-state index in [1.165, 1.54) is 87.4 Å². The molecule has 12 rings (SSSR count). The van der Waals surface area contributed by atoms with Gasteiger partial charge in [-0.1, -0.05) is 90.1 Å². The second-order valence-electron chi connectivity index (χ2n) is 38.1. The molecule has 6 N–H and O–H groups in total. The number of amides is 6. The number of unbranched alkanes of at least 4 members (excludes halogenated alkanes) is 3. The number of pyridine rings is 2. The summed E-state index contributed by atoms with van der Waals surface area (Å²) >= 11 is 1.26. The number of fused-ring (bicyclic) bond motifs is 2. The van der Waals surface area contributed by atoms with Gasteiger partial charge in [-0.2, -0.15) is 0 Å². The standard InChI is InChI=1S/C40H50N4O10S.C36H47BrN4O9S.C4H3O.3C4H9.Sn/c1-9-23-20-40(23,36(47)44-55(49,50)25-14-15-25)43-34(46)29-19-24(18-28(29)31(45)33(38(2,3)4)42-37(48)54-39(5,6)7)53-35-27-13-11-10-12-26(27)32(51-8)30(41-35)22-16-17-52-21-22;1-9-19-18-36(19,32(44)41-51(46,47)21-14-15-21)40-30(43)25-17-20(49-31-23-13-11-10-12-22(23)27(48-8)29(37)39-31)16-24(25)26(42)28(34(2,3)4)38-33(45)50-35(5,6)7;1-2-4-5-3-1;3*1-3-4-2;/h9-13,16-17,21,23-25,28-29,33H,1,14-15,18-20H2,2-8H3,(H,42,48)(H,43,46)(H,44,47);9-13,19-21,24-25,28H,1,14-18H2,2-8H3,(H,38,45)(H,40,43)(H,41,44);1-3H;3*1,3-4H2,2H3;/t23?,24-,28?,29+,33+,40+;19?,20-,24?,25+,28+,36+;;;;;/m00...../s1. The minimum absolute atomic E-state index is 0.0471. The fourth-order valence-corrected chi connectivity index (χ4v) is 35.4. The number of ether oxygens (including phenoxy) is 6. The van der Waals surface area contributed by atoms with E-state index in [2.05, 4.69) is 97.7 Å². The number of aromatic nitrogens is 2.